The van der Waals surface area contributed by atoms with Crippen LogP contribution in [-0.4, -0.2) is 10.2 Å². The molecule has 0 aliphatic heterocycles. The Labute approximate surface area is 120 Å². The van der Waals surface area contributed by atoms with Gasteiger partial charge in [0.05, 0.1) is 0 Å². The van der Waals surface area contributed by atoms with E-state index in [1.54, 1.807) is 36.4 Å². The van der Waals surface area contributed by atoms with Crippen molar-refractivity contribution in [3.05, 3.63) is 48.5 Å². The van der Waals surface area contributed by atoms with Gasteiger partial charge in [-0.15, -0.1) is 0 Å². The Hall–Kier alpha value is -1.68. The summed E-state index contributed by atoms with van der Waals surface area (Å²) in [7, 11) is 0. The van der Waals surface area contributed by atoms with Crippen LogP contribution in [0.5, 0.6) is 11.5 Å². The molecule has 0 fully saturated rings. The molecule has 0 aliphatic rings. The molecule has 5 nitrogen and oxygen atoms in total. The maximum atomic E-state index is 8.73. The number of hydrogen-bond donors (Lipinski definition) is 4. The van der Waals surface area contributed by atoms with Gasteiger partial charge in [0.15, 0.2) is 0 Å². The van der Waals surface area contributed by atoms with Crippen molar-refractivity contribution in [3.63, 3.8) is 0 Å². The number of hydrogen-bond acceptors (Lipinski definition) is 5. The molecule has 0 radical (unpaired) electrons. The number of aromatic hydroxyl groups is 2. The molecule has 6 heteroatoms. The second-order valence-electron chi connectivity index (χ2n) is 3.19. The van der Waals surface area contributed by atoms with Crippen molar-refractivity contribution in [1.29, 1.82) is 0 Å². The number of rotatable bonds is 0. The molecule has 0 saturated heterocycles. The molecule has 0 heterocycles. The van der Waals surface area contributed by atoms with Gasteiger partial charge in [-0.2, -0.15) is 0 Å². The van der Waals surface area contributed by atoms with Crippen LogP contribution in [0.2, 0.25) is 0 Å². The van der Waals surface area contributed by atoms with Crippen LogP contribution in [-0.2, 0) is 27.5 Å². The number of phenolic OH excluding ortho intramolecular Hbond substituents is 2. The van der Waals surface area contributed by atoms with E-state index < -0.39 is 0 Å². The second kappa shape index (κ2) is 9.36. The van der Waals surface area contributed by atoms with E-state index in [1.807, 2.05) is 0 Å². The fraction of sp³-hybridized carbons (Fsp3) is 0. The summed E-state index contributed by atoms with van der Waals surface area (Å²) in [5, 5.41) is 17.5. The average molecular weight is 325 g/mol. The fourth-order valence-corrected chi connectivity index (χ4v) is 1.05. The molecule has 0 unspecified atom stereocenters. The van der Waals surface area contributed by atoms with Gasteiger partial charge in [-0.05, 0) is 24.3 Å². The number of nitrogen functional groups attached to an aromatic ring is 2. The first-order valence-electron chi connectivity index (χ1n) is 4.87. The van der Waals surface area contributed by atoms with E-state index in [1.165, 1.54) is 12.1 Å². The van der Waals surface area contributed by atoms with Crippen molar-refractivity contribution in [2.24, 2.45) is 0 Å². The van der Waals surface area contributed by atoms with Gasteiger partial charge < -0.3 is 21.7 Å². The molecule has 2 aromatic rings. The van der Waals surface area contributed by atoms with Gasteiger partial charge in [0.2, 0.25) is 0 Å². The molecule has 2 aromatic carbocycles. The minimum atomic E-state index is 0.213. The summed E-state index contributed by atoms with van der Waals surface area (Å²) < 4.78 is 8.34. The van der Waals surface area contributed by atoms with Crippen molar-refractivity contribution in [3.8, 4) is 11.5 Å². The molecule has 0 aliphatic carbocycles. The predicted molar refractivity (Wildman–Crippen MR) is 65.7 cm³/mol. The van der Waals surface area contributed by atoms with Gasteiger partial charge in [-0.1, -0.05) is 12.1 Å². The van der Waals surface area contributed by atoms with Gasteiger partial charge in [-0.25, -0.2) is 0 Å². The van der Waals surface area contributed by atoms with Crippen LogP contribution in [0.3, 0.4) is 0 Å². The van der Waals surface area contributed by atoms with Crippen molar-refractivity contribution in [1.82, 2.24) is 0 Å². The van der Waals surface area contributed by atoms with Gasteiger partial charge in [-0.3, -0.25) is 0 Å². The van der Waals surface area contributed by atoms with Crippen molar-refractivity contribution in [2.45, 2.75) is 0 Å². The quantitative estimate of drug-likeness (QED) is 0.552. The van der Waals surface area contributed by atoms with E-state index in [0.717, 1.165) is 0 Å². The van der Waals surface area contributed by atoms with Crippen molar-refractivity contribution < 1.29 is 37.7 Å². The van der Waals surface area contributed by atoms with E-state index >= 15 is 0 Å². The number of nitrogens with two attached hydrogens (primary N) is 2. The van der Waals surface area contributed by atoms with Gasteiger partial charge >= 0.3 is 27.5 Å². The van der Waals surface area contributed by atoms with E-state index in [0.29, 0.717) is 36.1 Å². The summed E-state index contributed by atoms with van der Waals surface area (Å²) >= 11 is 0.300. The Morgan fingerprint density at radius 2 is 1.11 bits per heavy atom. The Morgan fingerprint density at radius 3 is 1.28 bits per heavy atom. The Kier molecular flexibility index (Phi) is 8.49. The number of benzene rings is 2. The zero-order valence-electron chi connectivity index (χ0n) is 9.58. The maximum absolute atomic E-state index is 8.73. The third kappa shape index (κ3) is 7.57. The molecule has 0 spiro atoms. The zero-order valence-corrected chi connectivity index (χ0v) is 12.0. The third-order valence-corrected chi connectivity index (χ3v) is 1.74. The Morgan fingerprint density at radius 1 is 0.778 bits per heavy atom. The summed E-state index contributed by atoms with van der Waals surface area (Å²) in [5.41, 5.74) is 11.8. The molecular weight excluding hydrogens is 311 g/mol. The molecule has 18 heavy (non-hydrogen) atoms. The SMILES string of the molecule is Nc1cccc(O)c1.Nc1cccc(O)c1.[O]=[Zr]. The van der Waals surface area contributed by atoms with Crippen LogP contribution < -0.4 is 11.5 Å². The zero-order chi connectivity index (χ0) is 14.0. The summed E-state index contributed by atoms with van der Waals surface area (Å²) in [6.07, 6.45) is 0. The molecule has 0 aromatic heterocycles. The molecule has 6 N–H and O–H groups in total. The molecule has 2 rings (SSSR count). The Bertz CT molecular complexity index is 402. The van der Waals surface area contributed by atoms with Crippen LogP contribution in [0, 0.1) is 0 Å². The van der Waals surface area contributed by atoms with E-state index in [9.17, 15) is 0 Å². The van der Waals surface area contributed by atoms with E-state index in [2.05, 4.69) is 0 Å². The standard InChI is InChI=1S/2C6H7NO.O.Zr/c2*7-5-2-1-3-6(8)4-5;;/h2*1-4,8H,7H2;;. The second-order valence-corrected chi connectivity index (χ2v) is 3.19. The van der Waals surface area contributed by atoms with Crippen LogP contribution in [0.4, 0.5) is 11.4 Å². The predicted octanol–water partition coefficient (Wildman–Crippen LogP) is 1.83. The molecule has 0 bridgehead atoms. The summed E-state index contributed by atoms with van der Waals surface area (Å²) in [6.45, 7) is 0. The first-order chi connectivity index (χ1) is 8.58. The van der Waals surface area contributed by atoms with Gasteiger partial charge in [0.1, 0.15) is 11.5 Å². The third-order valence-electron chi connectivity index (χ3n) is 1.74. The monoisotopic (exact) mass is 324 g/mol. The van der Waals surface area contributed by atoms with Crippen molar-refractivity contribution >= 4 is 11.4 Å². The molecular formula is C12H14N2O3Zr. The molecule has 0 saturated carbocycles. The molecule has 94 valence electrons. The van der Waals surface area contributed by atoms with Crippen LogP contribution in [0.15, 0.2) is 48.5 Å². The summed E-state index contributed by atoms with van der Waals surface area (Å²) in [5.74, 6) is 0.426. The fourth-order valence-electron chi connectivity index (χ4n) is 1.05. The van der Waals surface area contributed by atoms with E-state index in [4.69, 9.17) is 24.5 Å². The van der Waals surface area contributed by atoms with Crippen LogP contribution in [0.25, 0.3) is 0 Å². The first-order valence-corrected chi connectivity index (χ1v) is 5.87. The van der Waals surface area contributed by atoms with Gasteiger partial charge in [0.25, 0.3) is 0 Å². The number of anilines is 2. The number of phenols is 2. The van der Waals surface area contributed by atoms with Crippen LogP contribution >= 0.6 is 0 Å². The topological polar surface area (TPSA) is 110 Å². The first kappa shape index (κ1) is 16.3. The Balaban J connectivity index is 0.000000283. The summed E-state index contributed by atoms with van der Waals surface area (Å²) in [4.78, 5) is 0. The van der Waals surface area contributed by atoms with E-state index in [-0.39, 0.29) is 11.5 Å². The summed E-state index contributed by atoms with van der Waals surface area (Å²) in [6, 6.07) is 13.0. The van der Waals surface area contributed by atoms with Crippen LogP contribution in [0.1, 0.15) is 0 Å². The molecule has 0 atom stereocenters. The van der Waals surface area contributed by atoms with Gasteiger partial charge in [0, 0.05) is 23.5 Å². The normalized spacial score (nSPS) is 8.17. The van der Waals surface area contributed by atoms with Crippen molar-refractivity contribution in [2.75, 3.05) is 11.5 Å². The minimum absolute atomic E-state index is 0.213. The average Bonchev–Trinajstić information content (AvgIpc) is 2.31. The molecule has 0 amide bonds.